The zero-order chi connectivity index (χ0) is 25.2. The van der Waals surface area contributed by atoms with E-state index >= 15 is 0 Å². The van der Waals surface area contributed by atoms with Crippen LogP contribution in [-0.2, 0) is 0 Å². The highest BCUT2D eigenvalue weighted by Gasteiger charge is 2.27. The van der Waals surface area contributed by atoms with Crippen molar-refractivity contribution in [1.82, 2.24) is 19.9 Å². The van der Waals surface area contributed by atoms with Crippen molar-refractivity contribution in [3.05, 3.63) is 76.8 Å². The summed E-state index contributed by atoms with van der Waals surface area (Å²) >= 11 is 0. The van der Waals surface area contributed by atoms with E-state index in [4.69, 9.17) is 11.6 Å². The van der Waals surface area contributed by atoms with Crippen LogP contribution >= 0.6 is 0 Å². The number of hydrogen-bond donors (Lipinski definition) is 3. The number of hydrogen-bond acceptors (Lipinski definition) is 7. The molecule has 2 aliphatic carbocycles. The van der Waals surface area contributed by atoms with Gasteiger partial charge in [-0.3, -0.25) is 0 Å². The van der Waals surface area contributed by atoms with Crippen LogP contribution in [0.1, 0.15) is 46.0 Å². The Morgan fingerprint density at radius 1 is 1.29 bits per heavy atom. The molecule has 35 heavy (non-hydrogen) atoms. The van der Waals surface area contributed by atoms with Gasteiger partial charge in [0.1, 0.15) is 12.1 Å². The summed E-state index contributed by atoms with van der Waals surface area (Å²) < 4.78 is 13.0. The first kappa shape index (κ1) is 26.2. The highest BCUT2D eigenvalue weighted by atomic mass is 19.1. The Bertz CT molecular complexity index is 1130. The molecule has 1 aromatic heterocycles. The van der Waals surface area contributed by atoms with Gasteiger partial charge in [0.05, 0.1) is 17.7 Å². The predicted molar refractivity (Wildman–Crippen MR) is 142 cm³/mol. The van der Waals surface area contributed by atoms with E-state index in [2.05, 4.69) is 45.3 Å². The molecule has 5 N–H and O–H groups in total. The van der Waals surface area contributed by atoms with Crippen LogP contribution in [-0.4, -0.2) is 45.6 Å². The highest BCUT2D eigenvalue weighted by Crippen LogP contribution is 2.27. The molecule has 1 unspecified atom stereocenters. The van der Waals surface area contributed by atoms with E-state index < -0.39 is 0 Å². The third kappa shape index (κ3) is 7.05. The summed E-state index contributed by atoms with van der Waals surface area (Å²) in [6, 6.07) is 0.233. The topological polar surface area (TPSA) is 96.3 Å². The highest BCUT2D eigenvalue weighted by molar-refractivity contribution is 5.54. The number of nitrogens with two attached hydrogens (primary N) is 2. The van der Waals surface area contributed by atoms with Gasteiger partial charge in [-0.15, -0.1) is 0 Å². The Morgan fingerprint density at radius 2 is 2.06 bits per heavy atom. The maximum atomic E-state index is 13.0. The lowest BCUT2D eigenvalue weighted by Gasteiger charge is -2.35. The summed E-state index contributed by atoms with van der Waals surface area (Å²) in [5, 5.41) is 6.76. The Morgan fingerprint density at radius 3 is 2.71 bits per heavy atom. The van der Waals surface area contributed by atoms with Gasteiger partial charge in [-0.2, -0.15) is 0 Å². The maximum absolute atomic E-state index is 13.0. The summed E-state index contributed by atoms with van der Waals surface area (Å²) in [7, 11) is 1.86. The van der Waals surface area contributed by atoms with Crippen molar-refractivity contribution in [3.8, 4) is 0 Å². The minimum absolute atomic E-state index is 0.131. The molecule has 0 aliphatic heterocycles. The second-order valence-corrected chi connectivity index (χ2v) is 8.70. The summed E-state index contributed by atoms with van der Waals surface area (Å²) in [5.74, 6) is 6.95. The molecule has 1 saturated carbocycles. The van der Waals surface area contributed by atoms with Gasteiger partial charge in [-0.05, 0) is 57.3 Å². The Kier molecular flexibility index (Phi) is 9.66. The summed E-state index contributed by atoms with van der Waals surface area (Å²) in [4.78, 5) is 11.2. The minimum atomic E-state index is -0.131. The van der Waals surface area contributed by atoms with Gasteiger partial charge in [0.2, 0.25) is 0 Å². The number of aromatic nitrogens is 2. The van der Waals surface area contributed by atoms with Crippen LogP contribution in [0.3, 0.4) is 0 Å². The van der Waals surface area contributed by atoms with Crippen molar-refractivity contribution in [2.24, 2.45) is 11.6 Å². The molecule has 0 saturated heterocycles. The van der Waals surface area contributed by atoms with Gasteiger partial charge < -0.3 is 21.0 Å². The second kappa shape index (κ2) is 12.9. The minimum Gasteiger partial charge on any atom is -0.401 e. The Labute approximate surface area is 207 Å². The monoisotopic (exact) mass is 479 g/mol. The van der Waals surface area contributed by atoms with Crippen LogP contribution in [0.5, 0.6) is 0 Å². The van der Waals surface area contributed by atoms with Crippen LogP contribution < -0.4 is 27.5 Å². The van der Waals surface area contributed by atoms with Gasteiger partial charge in [0.25, 0.3) is 0 Å². The van der Waals surface area contributed by atoms with Crippen LogP contribution in [0.15, 0.2) is 66.2 Å². The molecule has 0 radical (unpaired) electrons. The number of nitrogens with one attached hydrogen (secondary N) is 1. The smallest absolute Gasteiger partial charge is 0.137 e. The van der Waals surface area contributed by atoms with Crippen LogP contribution in [0.25, 0.3) is 12.2 Å². The van der Waals surface area contributed by atoms with Crippen molar-refractivity contribution in [3.63, 3.8) is 0 Å². The molecule has 7 nitrogen and oxygen atoms in total. The fourth-order valence-electron chi connectivity index (χ4n) is 4.33. The molecule has 3 rings (SSSR count). The zero-order valence-corrected chi connectivity index (χ0v) is 21.0. The van der Waals surface area contributed by atoms with Crippen molar-refractivity contribution in [2.75, 3.05) is 18.9 Å². The Balaban J connectivity index is 2.10. The molecule has 188 valence electrons. The third-order valence-corrected chi connectivity index (χ3v) is 6.17. The number of anilines is 1. The molecule has 1 heterocycles. The number of likely N-dealkylation sites (N-methyl/N-ethyl adjacent to an activating group) is 1. The molecular formula is C27H38FN7. The van der Waals surface area contributed by atoms with Crippen LogP contribution in [0.4, 0.5) is 10.2 Å². The van der Waals surface area contributed by atoms with Crippen LogP contribution in [0.2, 0.25) is 0 Å². The Hall–Kier alpha value is -3.39. The predicted octanol–water partition coefficient (Wildman–Crippen LogP) is 2.96. The van der Waals surface area contributed by atoms with Gasteiger partial charge in [0, 0.05) is 48.9 Å². The van der Waals surface area contributed by atoms with Crippen molar-refractivity contribution in [2.45, 2.75) is 58.0 Å². The molecule has 0 aromatic carbocycles. The van der Waals surface area contributed by atoms with E-state index in [0.717, 1.165) is 59.9 Å². The molecule has 1 atom stereocenters. The summed E-state index contributed by atoms with van der Waals surface area (Å²) in [6.07, 6.45) is 22.1. The van der Waals surface area contributed by atoms with E-state index in [-0.39, 0.29) is 6.04 Å². The fraction of sp³-hybridized carbons (Fsp3) is 0.407. The average molecular weight is 480 g/mol. The zero-order valence-electron chi connectivity index (χ0n) is 21.0. The molecule has 0 amide bonds. The normalized spacial score (nSPS) is 21.1. The second-order valence-electron chi connectivity index (χ2n) is 8.70. The molecule has 1 fully saturated rings. The fourth-order valence-corrected chi connectivity index (χ4v) is 4.33. The van der Waals surface area contributed by atoms with E-state index in [0.29, 0.717) is 24.5 Å². The molecule has 0 bridgehead atoms. The van der Waals surface area contributed by atoms with E-state index in [1.165, 1.54) is 6.08 Å². The molecule has 8 heteroatoms. The molecule has 1 aromatic rings. The van der Waals surface area contributed by atoms with Crippen molar-refractivity contribution < 1.29 is 4.39 Å². The molecule has 2 aliphatic rings. The summed E-state index contributed by atoms with van der Waals surface area (Å²) in [5.41, 5.74) is 9.20. The van der Waals surface area contributed by atoms with Gasteiger partial charge >= 0.3 is 0 Å². The van der Waals surface area contributed by atoms with E-state index in [1.807, 2.05) is 32.3 Å². The number of rotatable bonds is 11. The van der Waals surface area contributed by atoms with Crippen LogP contribution in [0, 0.1) is 0 Å². The van der Waals surface area contributed by atoms with Gasteiger partial charge in [-0.25, -0.2) is 20.2 Å². The maximum Gasteiger partial charge on any atom is 0.137 e. The SMILES string of the molecule is C\C=C/C(=C\C=C\F)C(C/C(N)=C/N(N)C1CC1)N(CC)C1=C\CC/C=c2/ncnc(NC)/c2=C/1. The van der Waals surface area contributed by atoms with Crippen molar-refractivity contribution in [1.29, 1.82) is 0 Å². The van der Waals surface area contributed by atoms with Crippen molar-refractivity contribution >= 4 is 18.0 Å². The average Bonchev–Trinajstić information content (AvgIpc) is 3.68. The lowest BCUT2D eigenvalue weighted by atomic mass is 9.97. The summed E-state index contributed by atoms with van der Waals surface area (Å²) in [6.45, 7) is 4.80. The number of hydrazine groups is 1. The van der Waals surface area contributed by atoms with Gasteiger partial charge in [-0.1, -0.05) is 30.4 Å². The first-order chi connectivity index (χ1) is 17.0. The molecule has 0 spiro atoms. The number of fused-ring (bicyclic) bond motifs is 1. The number of halogens is 1. The van der Waals surface area contributed by atoms with Gasteiger partial charge in [0.15, 0.2) is 0 Å². The largest absolute Gasteiger partial charge is 0.401 e. The van der Waals surface area contributed by atoms with E-state index in [9.17, 15) is 4.39 Å². The standard InChI is InChI=1S/C27H38FN7/c1-4-9-20(10-8-15-28)26(16-21(29)18-35(30)22-13-14-22)34(5-2)23-11-6-7-12-25-24(17-23)27(31-3)33-19-32-25/h4,8-12,15,17-19,22,26H,5-7,13-14,16,29-30H2,1-3H3,(H,31,32,33)/b9-4-,15-8+,20-10+,21-18-,23-11+,24-17+,25-12+. The number of nitrogens with zero attached hydrogens (tertiary/aromatic N) is 4. The lowest BCUT2D eigenvalue weighted by molar-refractivity contribution is 0.304. The quantitative estimate of drug-likeness (QED) is 0.255. The van der Waals surface area contributed by atoms with E-state index in [1.54, 1.807) is 17.4 Å². The third-order valence-electron chi connectivity index (χ3n) is 6.17. The number of allylic oxidation sites excluding steroid dienone is 5. The molecular weight excluding hydrogens is 441 g/mol. The first-order valence-corrected chi connectivity index (χ1v) is 12.3. The lowest BCUT2D eigenvalue weighted by Crippen LogP contribution is -2.39. The first-order valence-electron chi connectivity index (χ1n) is 12.3.